The predicted octanol–water partition coefficient (Wildman–Crippen LogP) is 0.792. The van der Waals surface area contributed by atoms with Gasteiger partial charge >= 0.3 is 0 Å². The quantitative estimate of drug-likeness (QED) is 0.549. The second kappa shape index (κ2) is 3.14. The van der Waals surface area contributed by atoms with Gasteiger partial charge in [-0.25, -0.2) is 0 Å². The fraction of sp³-hybridized carbons (Fsp3) is 0.727. The highest BCUT2D eigenvalue weighted by atomic mass is 16.7. The monoisotopic (exact) mass is 206 g/mol. The summed E-state index contributed by atoms with van der Waals surface area (Å²) in [5.74, 6) is 1.18. The molecule has 4 heteroatoms. The summed E-state index contributed by atoms with van der Waals surface area (Å²) in [6.45, 7) is 3.36. The second-order valence-corrected chi connectivity index (χ2v) is 4.59. The number of ether oxygens (including phenoxy) is 1. The molecule has 0 radical (unpaired) electrons. The zero-order valence-corrected chi connectivity index (χ0v) is 8.61. The Hall–Kier alpha value is -1.21. The third-order valence-corrected chi connectivity index (χ3v) is 3.78. The molecule has 4 heterocycles. The van der Waals surface area contributed by atoms with E-state index in [9.17, 15) is 0 Å². The van der Waals surface area contributed by atoms with E-state index >= 15 is 0 Å². The molecule has 0 aromatic carbocycles. The molecule has 3 saturated heterocycles. The van der Waals surface area contributed by atoms with Gasteiger partial charge < -0.3 is 9.57 Å². The van der Waals surface area contributed by atoms with Crippen LogP contribution in [0.3, 0.4) is 0 Å². The number of terminal acetylenes is 1. The Morgan fingerprint density at radius 3 is 2.93 bits per heavy atom. The molecule has 4 aliphatic rings. The first-order valence-electron chi connectivity index (χ1n) is 5.42. The highest BCUT2D eigenvalue weighted by Gasteiger charge is 2.52. The molecular formula is C11H14N2O2. The maximum absolute atomic E-state index is 5.61. The van der Waals surface area contributed by atoms with Crippen LogP contribution in [0.5, 0.6) is 0 Å². The fourth-order valence-electron chi connectivity index (χ4n) is 3.01. The maximum Gasteiger partial charge on any atom is 0.247 e. The van der Waals surface area contributed by atoms with Gasteiger partial charge in [0, 0.05) is 12.5 Å². The molecule has 2 bridgehead atoms. The van der Waals surface area contributed by atoms with E-state index in [2.05, 4.69) is 16.2 Å². The summed E-state index contributed by atoms with van der Waals surface area (Å²) in [6.07, 6.45) is 10.4. The first-order chi connectivity index (χ1) is 7.32. The van der Waals surface area contributed by atoms with Crippen molar-refractivity contribution in [3.63, 3.8) is 0 Å². The average molecular weight is 206 g/mol. The van der Waals surface area contributed by atoms with Crippen LogP contribution in [-0.2, 0) is 9.57 Å². The minimum absolute atomic E-state index is 0.136. The molecule has 4 aliphatic heterocycles. The molecule has 0 amide bonds. The zero-order chi connectivity index (χ0) is 10.3. The van der Waals surface area contributed by atoms with Crippen molar-refractivity contribution in [3.8, 4) is 12.5 Å². The van der Waals surface area contributed by atoms with Gasteiger partial charge in [0.25, 0.3) is 0 Å². The number of nitrogens with zero attached hydrogens (tertiary/aromatic N) is 2. The lowest BCUT2D eigenvalue weighted by molar-refractivity contribution is -0.136. The Bertz CT molecular complexity index is 339. The Morgan fingerprint density at radius 2 is 2.33 bits per heavy atom. The molecule has 0 N–H and O–H groups in total. The number of fused-ring (bicyclic) bond motifs is 2. The molecule has 0 saturated carbocycles. The summed E-state index contributed by atoms with van der Waals surface area (Å²) >= 11 is 0. The number of piperidine rings is 3. The Morgan fingerprint density at radius 1 is 1.53 bits per heavy atom. The van der Waals surface area contributed by atoms with Crippen LogP contribution in [0.4, 0.5) is 0 Å². The Kier molecular flexibility index (Phi) is 1.89. The van der Waals surface area contributed by atoms with Crippen molar-refractivity contribution in [2.75, 3.05) is 19.6 Å². The molecule has 0 aromatic heterocycles. The number of hydrogen-bond donors (Lipinski definition) is 0. The molecule has 1 atom stereocenters. The summed E-state index contributed by atoms with van der Waals surface area (Å²) < 4.78 is 4.97. The summed E-state index contributed by atoms with van der Waals surface area (Å²) in [6, 6.07) is 0. The summed E-state index contributed by atoms with van der Waals surface area (Å²) in [7, 11) is 0. The van der Waals surface area contributed by atoms with E-state index in [1.165, 1.54) is 25.9 Å². The van der Waals surface area contributed by atoms with E-state index in [0.29, 0.717) is 11.8 Å². The van der Waals surface area contributed by atoms with Crippen LogP contribution in [0, 0.1) is 18.4 Å². The molecule has 0 aliphatic carbocycles. The molecule has 15 heavy (non-hydrogen) atoms. The maximum atomic E-state index is 5.61. The van der Waals surface area contributed by atoms with Crippen molar-refractivity contribution >= 4 is 5.90 Å². The first-order valence-corrected chi connectivity index (χ1v) is 5.42. The van der Waals surface area contributed by atoms with Gasteiger partial charge in [0.1, 0.15) is 6.11 Å². The van der Waals surface area contributed by atoms with Gasteiger partial charge in [-0.3, -0.25) is 4.90 Å². The van der Waals surface area contributed by atoms with Crippen molar-refractivity contribution < 1.29 is 9.57 Å². The van der Waals surface area contributed by atoms with E-state index in [1.807, 2.05) is 0 Å². The van der Waals surface area contributed by atoms with Gasteiger partial charge in [-0.2, -0.15) is 0 Å². The van der Waals surface area contributed by atoms with Crippen LogP contribution >= 0.6 is 0 Å². The standard InChI is InChI=1S/C11H14N2O2/c1-2-14-10-7-11(15-12-10)8-13-5-3-9(11)4-6-13/h1,9H,3-8H2. The van der Waals surface area contributed by atoms with E-state index in [-0.39, 0.29) is 5.60 Å². The third-order valence-electron chi connectivity index (χ3n) is 3.78. The lowest BCUT2D eigenvalue weighted by atomic mass is 9.74. The molecule has 3 fully saturated rings. The summed E-state index contributed by atoms with van der Waals surface area (Å²) in [5.41, 5.74) is -0.136. The van der Waals surface area contributed by atoms with Crippen LogP contribution in [0.15, 0.2) is 5.16 Å². The van der Waals surface area contributed by atoms with Crippen molar-refractivity contribution in [1.29, 1.82) is 0 Å². The van der Waals surface area contributed by atoms with Crippen LogP contribution in [0.1, 0.15) is 19.3 Å². The first kappa shape index (κ1) is 9.05. The van der Waals surface area contributed by atoms with Crippen molar-refractivity contribution in [2.24, 2.45) is 11.1 Å². The Balaban J connectivity index is 1.76. The van der Waals surface area contributed by atoms with Crippen LogP contribution < -0.4 is 0 Å². The van der Waals surface area contributed by atoms with Gasteiger partial charge in [0.2, 0.25) is 5.90 Å². The SMILES string of the molecule is C#COC1=NOC2(C1)CN1CCC2CC1. The van der Waals surface area contributed by atoms with E-state index < -0.39 is 0 Å². The lowest BCUT2D eigenvalue weighted by Gasteiger charge is -2.49. The normalized spacial score (nSPS) is 42.2. The van der Waals surface area contributed by atoms with Crippen LogP contribution in [0.25, 0.3) is 0 Å². The molecule has 1 spiro atoms. The fourth-order valence-corrected chi connectivity index (χ4v) is 3.01. The topological polar surface area (TPSA) is 34.1 Å². The average Bonchev–Trinajstić information content (AvgIpc) is 2.64. The van der Waals surface area contributed by atoms with Crippen LogP contribution in [0.2, 0.25) is 0 Å². The molecule has 4 nitrogen and oxygen atoms in total. The van der Waals surface area contributed by atoms with Gasteiger partial charge in [-0.05, 0) is 31.1 Å². The number of oxime groups is 1. The van der Waals surface area contributed by atoms with Gasteiger partial charge in [0.05, 0.1) is 6.42 Å². The highest BCUT2D eigenvalue weighted by molar-refractivity contribution is 5.79. The third kappa shape index (κ3) is 1.30. The minimum Gasteiger partial charge on any atom is -0.389 e. The molecule has 0 aromatic rings. The minimum atomic E-state index is -0.136. The second-order valence-electron chi connectivity index (χ2n) is 4.59. The predicted molar refractivity (Wildman–Crippen MR) is 55.0 cm³/mol. The van der Waals surface area contributed by atoms with E-state index in [4.69, 9.17) is 16.0 Å². The molecule has 80 valence electrons. The van der Waals surface area contributed by atoms with Crippen molar-refractivity contribution in [2.45, 2.75) is 24.9 Å². The Labute approximate surface area is 89.2 Å². The molecular weight excluding hydrogens is 192 g/mol. The van der Waals surface area contributed by atoms with Crippen molar-refractivity contribution in [1.82, 2.24) is 4.90 Å². The molecule has 1 unspecified atom stereocenters. The van der Waals surface area contributed by atoms with Crippen molar-refractivity contribution in [3.05, 3.63) is 0 Å². The van der Waals surface area contributed by atoms with E-state index in [1.54, 1.807) is 0 Å². The van der Waals surface area contributed by atoms with Gasteiger partial charge in [0.15, 0.2) is 5.60 Å². The lowest BCUT2D eigenvalue weighted by Crippen LogP contribution is -2.59. The van der Waals surface area contributed by atoms with Crippen LogP contribution in [-0.4, -0.2) is 36.0 Å². The smallest absolute Gasteiger partial charge is 0.247 e. The van der Waals surface area contributed by atoms with Gasteiger partial charge in [-0.1, -0.05) is 6.42 Å². The summed E-state index contributed by atoms with van der Waals surface area (Å²) in [5, 5.41) is 3.95. The highest BCUT2D eigenvalue weighted by Crippen LogP contribution is 2.43. The van der Waals surface area contributed by atoms with Gasteiger partial charge in [-0.15, -0.1) is 0 Å². The number of rotatable bonds is 0. The summed E-state index contributed by atoms with van der Waals surface area (Å²) in [4.78, 5) is 8.05. The largest absolute Gasteiger partial charge is 0.389 e. The number of hydrogen-bond acceptors (Lipinski definition) is 4. The van der Waals surface area contributed by atoms with E-state index in [0.717, 1.165) is 13.0 Å². The molecule has 4 rings (SSSR count). The zero-order valence-electron chi connectivity index (χ0n) is 8.61.